The quantitative estimate of drug-likeness (QED) is 0.0217. The van der Waals surface area contributed by atoms with Crippen LogP contribution in [0.15, 0.2) is 12.2 Å². The average molecular weight is 2040 g/mol. The number of ether oxygens (including phenoxy) is 14. The fraction of sp³-hybridized carbons (Fsp3) is 0.916. The van der Waals surface area contributed by atoms with Crippen molar-refractivity contribution in [1.82, 2.24) is 26.6 Å². The molecule has 0 aromatic heterocycles. The number of carbonyl (C=O) groups is 6. The van der Waals surface area contributed by atoms with Crippen molar-refractivity contribution >= 4 is 35.5 Å². The van der Waals surface area contributed by atoms with Gasteiger partial charge in [0, 0.05) is 40.5 Å². The van der Waals surface area contributed by atoms with Crippen LogP contribution in [0.25, 0.3) is 0 Å². The van der Waals surface area contributed by atoms with Crippen LogP contribution in [0.4, 0.5) is 0 Å². The molecule has 0 aromatic rings. The van der Waals surface area contributed by atoms with Crippen LogP contribution in [-0.4, -0.2) is 428 Å². The third kappa shape index (κ3) is 37.4. The highest BCUT2D eigenvalue weighted by atomic mass is 16.8. The van der Waals surface area contributed by atoms with Gasteiger partial charge in [-0.3, -0.25) is 24.0 Å². The first-order chi connectivity index (χ1) is 67.5. The Morgan fingerprint density at radius 2 is 0.702 bits per heavy atom. The third-order valence-corrected chi connectivity index (χ3v) is 27.1. The molecular formula is C95H169N5O41. The van der Waals surface area contributed by atoms with E-state index >= 15 is 0 Å². The summed E-state index contributed by atoms with van der Waals surface area (Å²) in [5.74, 6) is -9.79. The first-order valence-electron chi connectivity index (χ1n) is 51.1. The molecule has 7 saturated heterocycles. The van der Waals surface area contributed by atoms with Crippen LogP contribution >= 0.6 is 0 Å². The lowest BCUT2D eigenvalue weighted by molar-refractivity contribution is -0.404. The van der Waals surface area contributed by atoms with Gasteiger partial charge in [-0.15, -0.1) is 0 Å². The van der Waals surface area contributed by atoms with E-state index < -0.39 is 327 Å². The Labute approximate surface area is 824 Å². The second-order valence-electron chi connectivity index (χ2n) is 38.5. The molecule has 14 unspecified atom stereocenters. The number of hydrogen-bond donors (Lipinski definition) is 26. The van der Waals surface area contributed by atoms with E-state index in [9.17, 15) is 136 Å². The van der Waals surface area contributed by atoms with E-state index in [1.807, 2.05) is 0 Å². The molecule has 7 aliphatic heterocycles. The number of carboxylic acid groups (broad SMARTS) is 1. The number of hydrogen-bond acceptors (Lipinski definition) is 40. The molecule has 26 N–H and O–H groups in total. The number of amides is 5. The van der Waals surface area contributed by atoms with Gasteiger partial charge in [-0.25, -0.2) is 4.79 Å². The second-order valence-corrected chi connectivity index (χ2v) is 38.5. The van der Waals surface area contributed by atoms with Gasteiger partial charge in [-0.1, -0.05) is 219 Å². The van der Waals surface area contributed by atoms with Crippen molar-refractivity contribution in [2.75, 3.05) is 52.9 Å². The molecule has 820 valence electrons. The van der Waals surface area contributed by atoms with Gasteiger partial charge in [-0.2, -0.15) is 0 Å². The van der Waals surface area contributed by atoms with Gasteiger partial charge in [0.25, 0.3) is 5.79 Å². The summed E-state index contributed by atoms with van der Waals surface area (Å²) in [6.07, 6.45) is -28.2. The largest absolute Gasteiger partial charge is 0.477 e. The molecule has 0 saturated carbocycles. The molecule has 46 heteroatoms. The molecule has 141 heavy (non-hydrogen) atoms. The molecule has 0 radical (unpaired) electrons. The van der Waals surface area contributed by atoms with Crippen molar-refractivity contribution in [3.63, 3.8) is 0 Å². The highest BCUT2D eigenvalue weighted by Gasteiger charge is 2.64. The Morgan fingerprint density at radius 1 is 0.369 bits per heavy atom. The number of aliphatic hydroxyl groups is 20. The summed E-state index contributed by atoms with van der Waals surface area (Å²) < 4.78 is 86.1. The molecule has 0 bridgehead atoms. The maximum atomic E-state index is 13.9. The van der Waals surface area contributed by atoms with Gasteiger partial charge in [-0.05, 0) is 19.3 Å². The zero-order valence-corrected chi connectivity index (χ0v) is 82.5. The number of allylic oxidation sites excluding steroid dienone is 1. The number of aliphatic hydroxyl groups excluding tert-OH is 20. The maximum absolute atomic E-state index is 13.9. The molecule has 46 nitrogen and oxygen atoms in total. The standard InChI is InChI=1S/C95H169N5O41/c1-7-9-11-13-15-17-19-21-22-23-24-25-26-27-28-30-32-34-36-38-40-42-66(115)100-56(57(112)41-39-37-35-33-31-29-20-18-16-14-12-10-8-2)51-128-91-78(123)77(122)82(63(48-105)132-91)136-92-79(124)86(83(64(49-106)133-92)137-88-68(97-53(4)109)74(119)72(117)60(45-102)129-88)139-90-70(99-55(6)111)76(121)81(62(47-104)131-90)135-93-80(125)87(84(65(50-107)134-93)138-89-69(98-54(5)110)75(120)73(118)61(46-103)130-89)141-95(94(126)127)43-58(113)67(96-52(3)108)85(140-95)71(116)59(114)44-101/h39,41,56-65,67-93,101-107,112-114,116-125H,7-38,40,42-51H2,1-6H3,(H,96,108)(H,97,109)(H,98,110)(H,99,111)(H,100,115)(H,126,127)/b41-39+/t56-,57+,58?,59+,60?,61?,62?,63?,64?,65?,67+,68?,69?,70?,71+,72-,73-,74+,75+,76+,77+,78?,79?,80?,81+,82+,83-,84-,85?,86+,87+,88-,89-,90-,91+,92-,93-,95-/m0/s1. The van der Waals surface area contributed by atoms with Crippen molar-refractivity contribution in [3.05, 3.63) is 12.2 Å². The summed E-state index contributed by atoms with van der Waals surface area (Å²) in [4.78, 5) is 79.4. The van der Waals surface area contributed by atoms with Crippen LogP contribution in [0, 0.1) is 0 Å². The highest BCUT2D eigenvalue weighted by Crippen LogP contribution is 2.43. The molecule has 0 aliphatic carbocycles. The van der Waals surface area contributed by atoms with Crippen LogP contribution in [0.5, 0.6) is 0 Å². The van der Waals surface area contributed by atoms with Crippen LogP contribution in [0.2, 0.25) is 0 Å². The van der Waals surface area contributed by atoms with Gasteiger partial charge in [0.2, 0.25) is 29.5 Å². The monoisotopic (exact) mass is 2040 g/mol. The number of carboxylic acids is 1. The van der Waals surface area contributed by atoms with E-state index in [1.165, 1.54) is 141 Å². The molecule has 7 aliphatic rings. The first-order valence-corrected chi connectivity index (χ1v) is 51.1. The van der Waals surface area contributed by atoms with Crippen LogP contribution in [-0.2, 0) is 95.1 Å². The highest BCUT2D eigenvalue weighted by molar-refractivity contribution is 5.77. The number of aliphatic carboxylic acids is 1. The minimum atomic E-state index is -3.46. The summed E-state index contributed by atoms with van der Waals surface area (Å²) in [7, 11) is 0. The van der Waals surface area contributed by atoms with Crippen molar-refractivity contribution in [2.45, 2.75) is 499 Å². The zero-order chi connectivity index (χ0) is 104. The van der Waals surface area contributed by atoms with Gasteiger partial charge in [0.1, 0.15) is 165 Å². The molecule has 38 atom stereocenters. The van der Waals surface area contributed by atoms with Crippen LogP contribution < -0.4 is 26.6 Å². The van der Waals surface area contributed by atoms with E-state index in [2.05, 4.69) is 40.4 Å². The number of nitrogens with one attached hydrogen (secondary N) is 5. The van der Waals surface area contributed by atoms with E-state index in [4.69, 9.17) is 66.3 Å². The minimum absolute atomic E-state index is 0.111. The Kier molecular flexibility index (Phi) is 56.4. The lowest BCUT2D eigenvalue weighted by atomic mass is 9.88. The molecule has 5 amide bonds. The smallest absolute Gasteiger partial charge is 0.364 e. The fourth-order valence-corrected chi connectivity index (χ4v) is 19.2. The molecule has 0 aromatic carbocycles. The first kappa shape index (κ1) is 123. The number of rotatable bonds is 66. The predicted molar refractivity (Wildman–Crippen MR) is 495 cm³/mol. The average Bonchev–Trinajstić information content (AvgIpc) is 0.746. The van der Waals surface area contributed by atoms with Crippen LogP contribution in [0.1, 0.15) is 266 Å². The maximum Gasteiger partial charge on any atom is 0.364 e. The van der Waals surface area contributed by atoms with Gasteiger partial charge in [0.05, 0.1) is 77.1 Å². The molecule has 0 spiro atoms. The van der Waals surface area contributed by atoms with E-state index in [0.717, 1.165) is 91.9 Å². The summed E-state index contributed by atoms with van der Waals surface area (Å²) in [6, 6.07) is -8.79. The van der Waals surface area contributed by atoms with Gasteiger partial charge < -0.3 is 200 Å². The van der Waals surface area contributed by atoms with Crippen molar-refractivity contribution in [3.8, 4) is 0 Å². The Hall–Kier alpha value is -4.80. The Morgan fingerprint density at radius 3 is 1.10 bits per heavy atom. The third-order valence-electron chi connectivity index (χ3n) is 27.1. The van der Waals surface area contributed by atoms with Crippen molar-refractivity contribution in [1.29, 1.82) is 0 Å². The summed E-state index contributed by atoms with van der Waals surface area (Å²) >= 11 is 0. The Bertz CT molecular complexity index is 3550. The molecular weight excluding hydrogens is 1870 g/mol. The Balaban J connectivity index is 1.13. The van der Waals surface area contributed by atoms with E-state index in [0.29, 0.717) is 12.8 Å². The number of carbonyl (C=O) groups excluding carboxylic acids is 5. The molecule has 7 heterocycles. The van der Waals surface area contributed by atoms with E-state index in [1.54, 1.807) is 6.08 Å². The summed E-state index contributed by atoms with van der Waals surface area (Å²) in [5, 5.41) is 252. The zero-order valence-electron chi connectivity index (χ0n) is 82.5. The van der Waals surface area contributed by atoms with Gasteiger partial charge >= 0.3 is 5.97 Å². The lowest BCUT2D eigenvalue weighted by Crippen LogP contribution is -2.72. The molecule has 7 rings (SSSR count). The lowest BCUT2D eigenvalue weighted by Gasteiger charge is -2.53. The number of unbranched alkanes of at least 4 members (excludes halogenated alkanes) is 31. The topological polar surface area (TPSA) is 717 Å². The summed E-state index contributed by atoms with van der Waals surface area (Å²) in [5.41, 5.74) is 0. The fourth-order valence-electron chi connectivity index (χ4n) is 19.2. The normalized spacial score (nSPS) is 35.6. The van der Waals surface area contributed by atoms with Crippen LogP contribution in [0.3, 0.4) is 0 Å². The van der Waals surface area contributed by atoms with Gasteiger partial charge in [0.15, 0.2) is 37.7 Å². The minimum Gasteiger partial charge on any atom is -0.477 e. The van der Waals surface area contributed by atoms with Crippen molar-refractivity contribution < 1.29 is 202 Å². The summed E-state index contributed by atoms with van der Waals surface area (Å²) in [6.45, 7) is -0.536. The van der Waals surface area contributed by atoms with E-state index in [-0.39, 0.29) is 6.42 Å². The van der Waals surface area contributed by atoms with Crippen molar-refractivity contribution in [2.24, 2.45) is 0 Å². The molecule has 7 fully saturated rings. The second kappa shape index (κ2) is 64.6. The predicted octanol–water partition coefficient (Wildman–Crippen LogP) is -2.77. The SMILES string of the molecule is CCCCCCCCCCCCC/C=C/[C@@H](O)[C@H](CO[C@@H]1OC(CO)[C@@H](O[C@@H]2OC(CO)[C@H](O[C@@H]3OC(CO)[C@H](O)[C@H](O)C3NC(C)=O)[C@H](O[C@@H]3OC(CO)[C@@H](O[C@@H]4OC(CO)[C@H](O[C@@H]5OC(CO)[C@H](O)[C@H](O)C5NC(C)=O)[C@H](O[C@]5(C(=O)O)CC(O)[C@@H](NC(C)=O)C([C@H](O)[C@H](O)CO)O5)C4O)[C@H](O)C3NC(C)=O)C2O)[C@H](O)C1O)NC(=O)CCCCCCCCCCCCCCCCCCCCCCC.